The molecular weight excluding hydrogens is 270 g/mol. The van der Waals surface area contributed by atoms with Crippen molar-refractivity contribution in [3.8, 4) is 0 Å². The molecule has 0 saturated carbocycles. The quantitative estimate of drug-likeness (QED) is 0.783. The van der Waals surface area contributed by atoms with Crippen molar-refractivity contribution in [2.45, 2.75) is 38.8 Å². The molecule has 1 N–H and O–H groups in total. The predicted molar refractivity (Wildman–Crippen MR) is 80.0 cm³/mol. The van der Waals surface area contributed by atoms with Crippen molar-refractivity contribution in [2.24, 2.45) is 0 Å². The molecular formula is C16H23NO4. The highest BCUT2D eigenvalue weighted by molar-refractivity contribution is 5.99. The monoisotopic (exact) mass is 293 g/mol. The molecule has 5 nitrogen and oxygen atoms in total. The van der Waals surface area contributed by atoms with Gasteiger partial charge in [-0.25, -0.2) is 4.79 Å². The van der Waals surface area contributed by atoms with E-state index in [1.54, 1.807) is 26.2 Å². The highest BCUT2D eigenvalue weighted by atomic mass is 16.5. The molecule has 1 atom stereocenters. The maximum Gasteiger partial charge on any atom is 0.331 e. The Kier molecular flexibility index (Phi) is 6.37. The summed E-state index contributed by atoms with van der Waals surface area (Å²) in [5.41, 5.74) is 0.257. The van der Waals surface area contributed by atoms with Crippen molar-refractivity contribution in [3.05, 3.63) is 35.4 Å². The molecule has 1 amide bonds. The smallest absolute Gasteiger partial charge is 0.331 e. The number of hydrogen-bond donors (Lipinski definition) is 1. The zero-order valence-corrected chi connectivity index (χ0v) is 13.1. The largest absolute Gasteiger partial charge is 0.467 e. The van der Waals surface area contributed by atoms with Crippen molar-refractivity contribution in [3.63, 3.8) is 0 Å². The number of carbonyl (C=O) groups excluding carboxylic acids is 2. The molecule has 1 rings (SSSR count). The summed E-state index contributed by atoms with van der Waals surface area (Å²) in [7, 11) is 2.89. The lowest BCUT2D eigenvalue weighted by Gasteiger charge is -2.28. The molecule has 0 radical (unpaired) electrons. The Balaban J connectivity index is 3.00. The third-order valence-corrected chi connectivity index (χ3v) is 3.34. The molecule has 0 aliphatic heterocycles. The summed E-state index contributed by atoms with van der Waals surface area (Å²) in [5, 5.41) is 2.79. The number of esters is 1. The molecule has 0 heterocycles. The number of rotatable bonds is 7. The maximum atomic E-state index is 12.5. The molecule has 1 aromatic rings. The molecule has 0 bridgehead atoms. The van der Waals surface area contributed by atoms with Gasteiger partial charge in [0.2, 0.25) is 0 Å². The van der Waals surface area contributed by atoms with Crippen molar-refractivity contribution in [1.82, 2.24) is 5.32 Å². The van der Waals surface area contributed by atoms with Crippen LogP contribution in [0, 0.1) is 0 Å². The van der Waals surface area contributed by atoms with Crippen molar-refractivity contribution < 1.29 is 19.1 Å². The SMILES string of the molecule is CCCC(C)(NC(=O)c1ccccc1COC)C(=O)OC. The van der Waals surface area contributed by atoms with E-state index in [9.17, 15) is 9.59 Å². The summed E-state index contributed by atoms with van der Waals surface area (Å²) in [6.45, 7) is 3.97. The minimum atomic E-state index is -1.03. The fourth-order valence-electron chi connectivity index (χ4n) is 2.28. The molecule has 0 saturated heterocycles. The third kappa shape index (κ3) is 4.29. The molecule has 5 heteroatoms. The minimum absolute atomic E-state index is 0.302. The Labute approximate surface area is 125 Å². The Morgan fingerprint density at radius 3 is 2.48 bits per heavy atom. The lowest BCUT2D eigenvalue weighted by Crippen LogP contribution is -2.52. The summed E-state index contributed by atoms with van der Waals surface area (Å²) >= 11 is 0. The van der Waals surface area contributed by atoms with Gasteiger partial charge in [0, 0.05) is 12.7 Å². The third-order valence-electron chi connectivity index (χ3n) is 3.34. The van der Waals surface area contributed by atoms with Gasteiger partial charge >= 0.3 is 5.97 Å². The van der Waals surface area contributed by atoms with Gasteiger partial charge in [0.15, 0.2) is 0 Å². The second-order valence-corrected chi connectivity index (χ2v) is 5.12. The van der Waals surface area contributed by atoms with Crippen LogP contribution in [0.5, 0.6) is 0 Å². The molecule has 0 fully saturated rings. The highest BCUT2D eigenvalue weighted by Gasteiger charge is 2.35. The summed E-state index contributed by atoms with van der Waals surface area (Å²) < 4.78 is 9.90. The van der Waals surface area contributed by atoms with E-state index in [0.717, 1.165) is 12.0 Å². The first kappa shape index (κ1) is 17.2. The summed E-state index contributed by atoms with van der Waals surface area (Å²) in [5.74, 6) is -0.745. The molecule has 0 aromatic heterocycles. The van der Waals surface area contributed by atoms with Gasteiger partial charge in [0.1, 0.15) is 5.54 Å². The fourth-order valence-corrected chi connectivity index (χ4v) is 2.28. The van der Waals surface area contributed by atoms with Crippen molar-refractivity contribution in [1.29, 1.82) is 0 Å². The molecule has 1 unspecified atom stereocenters. The number of carbonyl (C=O) groups is 2. The molecule has 116 valence electrons. The van der Waals surface area contributed by atoms with E-state index in [1.807, 2.05) is 19.1 Å². The fraction of sp³-hybridized carbons (Fsp3) is 0.500. The van der Waals surface area contributed by atoms with E-state index in [2.05, 4.69) is 5.32 Å². The summed E-state index contributed by atoms with van der Waals surface area (Å²) in [4.78, 5) is 24.4. The first-order valence-corrected chi connectivity index (χ1v) is 6.96. The van der Waals surface area contributed by atoms with Gasteiger partial charge in [-0.15, -0.1) is 0 Å². The average Bonchev–Trinajstić information content (AvgIpc) is 2.47. The van der Waals surface area contributed by atoms with Crippen LogP contribution in [0.15, 0.2) is 24.3 Å². The topological polar surface area (TPSA) is 64.6 Å². The van der Waals surface area contributed by atoms with Gasteiger partial charge in [-0.2, -0.15) is 0 Å². The second kappa shape index (κ2) is 7.78. The Morgan fingerprint density at radius 2 is 1.90 bits per heavy atom. The molecule has 0 aliphatic rings. The number of hydrogen-bond acceptors (Lipinski definition) is 4. The Bertz CT molecular complexity index is 501. The van der Waals surface area contributed by atoms with Crippen LogP contribution in [-0.2, 0) is 20.9 Å². The van der Waals surface area contributed by atoms with Crippen LogP contribution < -0.4 is 5.32 Å². The van der Waals surface area contributed by atoms with Crippen molar-refractivity contribution in [2.75, 3.05) is 14.2 Å². The number of benzene rings is 1. The van der Waals surface area contributed by atoms with Crippen LogP contribution in [0.3, 0.4) is 0 Å². The number of nitrogens with one attached hydrogen (secondary N) is 1. The van der Waals surface area contributed by atoms with Gasteiger partial charge in [-0.3, -0.25) is 4.79 Å². The van der Waals surface area contributed by atoms with E-state index in [4.69, 9.17) is 9.47 Å². The van der Waals surface area contributed by atoms with Crippen LogP contribution in [0.1, 0.15) is 42.6 Å². The zero-order chi connectivity index (χ0) is 15.9. The molecule has 0 aliphatic carbocycles. The molecule has 0 spiro atoms. The van der Waals surface area contributed by atoms with Crippen LogP contribution >= 0.6 is 0 Å². The van der Waals surface area contributed by atoms with Gasteiger partial charge < -0.3 is 14.8 Å². The first-order valence-electron chi connectivity index (χ1n) is 6.96. The predicted octanol–water partition coefficient (Wildman–Crippen LogP) is 2.29. The van der Waals surface area contributed by atoms with E-state index in [-0.39, 0.29) is 5.91 Å². The van der Waals surface area contributed by atoms with E-state index in [1.165, 1.54) is 7.11 Å². The second-order valence-electron chi connectivity index (χ2n) is 5.12. The van der Waals surface area contributed by atoms with Gasteiger partial charge in [-0.1, -0.05) is 31.5 Å². The minimum Gasteiger partial charge on any atom is -0.467 e. The Hall–Kier alpha value is -1.88. The van der Waals surface area contributed by atoms with Gasteiger partial charge in [-0.05, 0) is 25.0 Å². The number of ether oxygens (including phenoxy) is 2. The molecule has 21 heavy (non-hydrogen) atoms. The normalized spacial score (nSPS) is 13.3. The van der Waals surface area contributed by atoms with Gasteiger partial charge in [0.25, 0.3) is 5.91 Å². The van der Waals surface area contributed by atoms with E-state index in [0.29, 0.717) is 18.6 Å². The van der Waals surface area contributed by atoms with Gasteiger partial charge in [0.05, 0.1) is 13.7 Å². The average molecular weight is 293 g/mol. The Morgan fingerprint density at radius 1 is 1.24 bits per heavy atom. The lowest BCUT2D eigenvalue weighted by molar-refractivity contribution is -0.147. The number of methoxy groups -OCH3 is 2. The number of amides is 1. The van der Waals surface area contributed by atoms with Crippen LogP contribution in [0.2, 0.25) is 0 Å². The molecule has 1 aromatic carbocycles. The van der Waals surface area contributed by atoms with Crippen LogP contribution in [-0.4, -0.2) is 31.6 Å². The van der Waals surface area contributed by atoms with Crippen LogP contribution in [0.4, 0.5) is 0 Å². The highest BCUT2D eigenvalue weighted by Crippen LogP contribution is 2.17. The lowest BCUT2D eigenvalue weighted by atomic mass is 9.95. The van der Waals surface area contributed by atoms with E-state index >= 15 is 0 Å². The van der Waals surface area contributed by atoms with Crippen molar-refractivity contribution >= 4 is 11.9 Å². The standard InChI is InChI=1S/C16H23NO4/c1-5-10-16(2,15(19)21-4)17-14(18)13-9-7-6-8-12(13)11-20-3/h6-9H,5,10-11H2,1-4H3,(H,17,18). The summed E-state index contributed by atoms with van der Waals surface area (Å²) in [6.07, 6.45) is 1.27. The maximum absolute atomic E-state index is 12.5. The summed E-state index contributed by atoms with van der Waals surface area (Å²) in [6, 6.07) is 7.17. The first-order chi connectivity index (χ1) is 9.98. The van der Waals surface area contributed by atoms with Crippen LogP contribution in [0.25, 0.3) is 0 Å². The van der Waals surface area contributed by atoms with E-state index < -0.39 is 11.5 Å². The zero-order valence-electron chi connectivity index (χ0n) is 13.1.